The van der Waals surface area contributed by atoms with Crippen molar-refractivity contribution in [3.63, 3.8) is 0 Å². The topological polar surface area (TPSA) is 0 Å². The van der Waals surface area contributed by atoms with Crippen LogP contribution in [0.1, 0.15) is 0 Å². The minimum atomic E-state index is 0. The molecule has 0 aliphatic rings. The van der Waals surface area contributed by atoms with Gasteiger partial charge in [0.2, 0.25) is 0 Å². The molecule has 0 rings (SSSR count). The second-order valence-corrected chi connectivity index (χ2v) is 0. The van der Waals surface area contributed by atoms with Crippen LogP contribution in [0.4, 0.5) is 0 Å². The molecule has 0 saturated carbocycles. The zero-order chi connectivity index (χ0) is 0. The average Bonchev–Trinajstić information content (AvgIpc) is 0. The van der Waals surface area contributed by atoms with E-state index >= 15 is 0 Å². The Balaban J connectivity index is 0. The molecule has 0 heterocycles. The molecule has 1 atom stereocenters. The van der Waals surface area contributed by atoms with Crippen LogP contribution in [0.25, 0.3) is 0 Å². The van der Waals surface area contributed by atoms with Crippen LogP contribution in [0.2, 0.25) is 0 Å². The largest absolute Gasteiger partial charge is 2.00 e. The first-order chi connectivity index (χ1) is 0. The summed E-state index contributed by atoms with van der Waals surface area (Å²) in [5.41, 5.74) is 0. The van der Waals surface area contributed by atoms with Crippen LogP contribution in [0.15, 0.2) is 0 Å². The summed E-state index contributed by atoms with van der Waals surface area (Å²) >= 11 is 0. The van der Waals surface area contributed by atoms with Gasteiger partial charge in [-0.15, -0.1) is 0 Å². The van der Waals surface area contributed by atoms with Crippen molar-refractivity contribution in [3.05, 3.63) is 0 Å². The molecular formula is H3CaPSSr+2. The van der Waals surface area contributed by atoms with Crippen LogP contribution in [0.3, 0.4) is 0 Å². The summed E-state index contributed by atoms with van der Waals surface area (Å²) in [5.74, 6) is 0. The maximum absolute atomic E-state index is 0. The van der Waals surface area contributed by atoms with Crippen LogP contribution in [0.5, 0.6) is 0 Å². The van der Waals surface area contributed by atoms with Gasteiger partial charge >= 0.3 is 83.2 Å². The predicted octanol–water partition coefficient (Wildman–Crippen LogP) is -0.706. The van der Waals surface area contributed by atoms with Gasteiger partial charge in [0.1, 0.15) is 0 Å². The van der Waals surface area contributed by atoms with Gasteiger partial charge in [-0.25, -0.2) is 0 Å². The van der Waals surface area contributed by atoms with Crippen molar-refractivity contribution in [2.24, 2.45) is 0 Å². The van der Waals surface area contributed by atoms with Crippen LogP contribution >= 0.6 is 9.90 Å². The Morgan fingerprint density at radius 3 is 1.00 bits per heavy atom. The third-order valence-corrected chi connectivity index (χ3v) is 0. The number of hydrogen-bond donors (Lipinski definition) is 0. The Hall–Kier alpha value is 3.52. The summed E-state index contributed by atoms with van der Waals surface area (Å²) in [6, 6.07) is 0. The molecule has 0 N–H and O–H groups in total. The van der Waals surface area contributed by atoms with Gasteiger partial charge in [0.05, 0.1) is 0 Å². The first kappa shape index (κ1) is 25.8. The molecule has 0 fully saturated rings. The number of rotatable bonds is 0. The van der Waals surface area contributed by atoms with E-state index in [1.807, 2.05) is 0 Å². The molecule has 0 aliphatic heterocycles. The SMILES string of the molecule is P.[Ca+2].[S-2].[Sr+2]. The van der Waals surface area contributed by atoms with Crippen LogP contribution < -0.4 is 0 Å². The Kier molecular flexibility index (Phi) is 103. The Bertz CT molecular complexity index is 8.00. The van der Waals surface area contributed by atoms with Crippen LogP contribution in [0, 0.1) is 0 Å². The molecule has 0 aromatic heterocycles. The van der Waals surface area contributed by atoms with E-state index in [9.17, 15) is 0 Å². The fraction of sp³-hybridized carbons (Fsp3) is 0. The molecule has 0 radical (unpaired) electrons. The predicted molar refractivity (Wildman–Crippen MR) is 30.0 cm³/mol. The molecule has 0 amide bonds. The van der Waals surface area contributed by atoms with E-state index in [0.717, 1.165) is 0 Å². The first-order valence-electron chi connectivity index (χ1n) is 0. The maximum atomic E-state index is 0. The average molecular weight is 194 g/mol. The molecule has 0 aliphatic carbocycles. The Morgan fingerprint density at radius 2 is 1.00 bits per heavy atom. The molecule has 0 aromatic rings. The van der Waals surface area contributed by atoms with E-state index in [-0.39, 0.29) is 107 Å². The van der Waals surface area contributed by atoms with Gasteiger partial charge in [0.25, 0.3) is 0 Å². The van der Waals surface area contributed by atoms with Gasteiger partial charge in [-0.2, -0.15) is 9.90 Å². The third kappa shape index (κ3) is 9.10. The minimum absolute atomic E-state index is 0. The van der Waals surface area contributed by atoms with Crippen molar-refractivity contribution >= 4 is 107 Å². The van der Waals surface area contributed by atoms with Gasteiger partial charge in [-0.1, -0.05) is 0 Å². The summed E-state index contributed by atoms with van der Waals surface area (Å²) in [6.45, 7) is 0. The Morgan fingerprint density at radius 1 is 1.00 bits per heavy atom. The zero-order valence-electron chi connectivity index (χ0n) is 2.53. The van der Waals surface area contributed by atoms with E-state index in [1.54, 1.807) is 0 Å². The fourth-order valence-corrected chi connectivity index (χ4v) is 0. The van der Waals surface area contributed by atoms with E-state index in [1.165, 1.54) is 0 Å². The normalized spacial score (nSPS) is 0. The summed E-state index contributed by atoms with van der Waals surface area (Å²) in [6.07, 6.45) is 0. The van der Waals surface area contributed by atoms with Gasteiger partial charge in [-0.05, 0) is 0 Å². The monoisotopic (exact) mass is 194 g/mol. The van der Waals surface area contributed by atoms with E-state index in [0.29, 0.717) is 0 Å². The third-order valence-electron chi connectivity index (χ3n) is 0. The summed E-state index contributed by atoms with van der Waals surface area (Å²) in [7, 11) is 0. The van der Waals surface area contributed by atoms with E-state index in [4.69, 9.17) is 0 Å². The Labute approximate surface area is 104 Å². The second-order valence-electron chi connectivity index (χ2n) is 0. The molecular weight excluding hydrogens is 191 g/mol. The molecule has 1 unspecified atom stereocenters. The molecule has 0 saturated heterocycles. The summed E-state index contributed by atoms with van der Waals surface area (Å²) < 4.78 is 0. The fourth-order valence-electron chi connectivity index (χ4n) is 0. The zero-order valence-corrected chi connectivity index (χ0v) is 10.4. The summed E-state index contributed by atoms with van der Waals surface area (Å²) in [5, 5.41) is 0. The van der Waals surface area contributed by atoms with E-state index in [2.05, 4.69) is 0 Å². The molecule has 0 spiro atoms. The quantitative estimate of drug-likeness (QED) is 0.353. The van der Waals surface area contributed by atoms with Crippen molar-refractivity contribution < 1.29 is 0 Å². The smallest absolute Gasteiger partial charge is 2.00 e. The summed E-state index contributed by atoms with van der Waals surface area (Å²) in [4.78, 5) is 0. The van der Waals surface area contributed by atoms with Crippen molar-refractivity contribution in [1.29, 1.82) is 0 Å². The molecule has 0 bridgehead atoms. The molecule has 4 heteroatoms. The second kappa shape index (κ2) is 16.0. The van der Waals surface area contributed by atoms with Gasteiger partial charge < -0.3 is 13.5 Å². The molecule has 4 heavy (non-hydrogen) atoms. The van der Waals surface area contributed by atoms with E-state index < -0.39 is 0 Å². The molecule has 16 valence electrons. The number of hydrogen-bond acceptors (Lipinski definition) is 0. The van der Waals surface area contributed by atoms with Gasteiger partial charge in [0.15, 0.2) is 0 Å². The molecule has 0 aromatic carbocycles. The first-order valence-corrected chi connectivity index (χ1v) is 0. The van der Waals surface area contributed by atoms with Crippen molar-refractivity contribution in [3.8, 4) is 0 Å². The maximum Gasteiger partial charge on any atom is 2.00 e. The minimum Gasteiger partial charge on any atom is -2.00 e. The van der Waals surface area contributed by atoms with Crippen molar-refractivity contribution in [2.45, 2.75) is 0 Å². The molecule has 0 nitrogen and oxygen atoms in total. The van der Waals surface area contributed by atoms with Crippen molar-refractivity contribution in [1.82, 2.24) is 0 Å². The van der Waals surface area contributed by atoms with Crippen molar-refractivity contribution in [2.75, 3.05) is 0 Å². The van der Waals surface area contributed by atoms with Gasteiger partial charge in [0, 0.05) is 0 Å². The van der Waals surface area contributed by atoms with Crippen LogP contribution in [-0.2, 0) is 13.5 Å². The standard InChI is InChI=1S/Ca.H3P.S.Sr/h;1H3;;/q+2;;-2;+2. The van der Waals surface area contributed by atoms with Gasteiger partial charge in [-0.3, -0.25) is 0 Å². The van der Waals surface area contributed by atoms with Crippen LogP contribution in [-0.4, -0.2) is 83.2 Å².